The second kappa shape index (κ2) is 7.81. The Bertz CT molecular complexity index is 2300. The lowest BCUT2D eigenvalue weighted by Gasteiger charge is -2.18. The van der Waals surface area contributed by atoms with Crippen molar-refractivity contribution in [3.63, 3.8) is 0 Å². The largest absolute Gasteiger partial charge is 0.456 e. The fourth-order valence-electron chi connectivity index (χ4n) is 5.88. The standard InChI is InChI=1S/C36H22O/c1-2-12-24(13-3-1)33-26-15-6-8-17-28(26)34(29-18-9-7-16-27(29)33)30-19-10-20-31-36(30)35-25-14-5-4-11-23(25)21-22-32(35)37-31/h1-22H/i4D,5D,11D,14D. The molecule has 1 nitrogen and oxygen atoms in total. The Balaban J connectivity index is 1.61. The topological polar surface area (TPSA) is 13.1 Å². The number of rotatable bonds is 2. The van der Waals surface area contributed by atoms with Gasteiger partial charge in [-0.25, -0.2) is 0 Å². The van der Waals surface area contributed by atoms with E-state index in [1.165, 1.54) is 5.56 Å². The Hall–Kier alpha value is -4.88. The fourth-order valence-corrected chi connectivity index (χ4v) is 5.88. The third-order valence-corrected chi connectivity index (χ3v) is 7.37. The molecule has 0 saturated carbocycles. The first-order valence-corrected chi connectivity index (χ1v) is 12.4. The van der Waals surface area contributed by atoms with Gasteiger partial charge in [-0.3, -0.25) is 0 Å². The predicted molar refractivity (Wildman–Crippen MR) is 157 cm³/mol. The molecule has 0 atom stereocenters. The van der Waals surface area contributed by atoms with Crippen molar-refractivity contribution in [1.82, 2.24) is 0 Å². The van der Waals surface area contributed by atoms with Crippen LogP contribution in [-0.2, 0) is 0 Å². The van der Waals surface area contributed by atoms with Crippen LogP contribution in [0.4, 0.5) is 0 Å². The van der Waals surface area contributed by atoms with E-state index >= 15 is 0 Å². The normalized spacial score (nSPS) is 13.3. The minimum Gasteiger partial charge on any atom is -0.456 e. The molecule has 1 aromatic heterocycles. The Labute approximate surface area is 219 Å². The molecule has 0 fully saturated rings. The molecule has 0 amide bonds. The van der Waals surface area contributed by atoms with Crippen LogP contribution in [-0.4, -0.2) is 0 Å². The summed E-state index contributed by atoms with van der Waals surface area (Å²) in [4.78, 5) is 0. The molecule has 1 heteroatoms. The lowest BCUT2D eigenvalue weighted by atomic mass is 9.85. The summed E-state index contributed by atoms with van der Waals surface area (Å²) in [7, 11) is 0. The van der Waals surface area contributed by atoms with Gasteiger partial charge in [0.05, 0.1) is 5.48 Å². The summed E-state index contributed by atoms with van der Waals surface area (Å²) < 4.78 is 40.4. The van der Waals surface area contributed by atoms with Gasteiger partial charge in [0.25, 0.3) is 0 Å². The molecule has 0 aliphatic heterocycles. The van der Waals surface area contributed by atoms with Gasteiger partial charge in [-0.1, -0.05) is 121 Å². The molecule has 0 saturated heterocycles. The summed E-state index contributed by atoms with van der Waals surface area (Å²) >= 11 is 0. The lowest BCUT2D eigenvalue weighted by Crippen LogP contribution is -1.91. The monoisotopic (exact) mass is 474 g/mol. The summed E-state index contributed by atoms with van der Waals surface area (Å²) in [5.74, 6) is 0. The highest BCUT2D eigenvalue weighted by atomic mass is 16.3. The van der Waals surface area contributed by atoms with E-state index in [0.29, 0.717) is 27.3 Å². The molecule has 0 N–H and O–H groups in total. The Morgan fingerprint density at radius 1 is 0.459 bits per heavy atom. The van der Waals surface area contributed by atoms with E-state index in [0.717, 1.165) is 43.6 Å². The van der Waals surface area contributed by atoms with Gasteiger partial charge in [0, 0.05) is 10.8 Å². The van der Waals surface area contributed by atoms with Crippen LogP contribution in [0.2, 0.25) is 0 Å². The van der Waals surface area contributed by atoms with Gasteiger partial charge in [-0.15, -0.1) is 0 Å². The Morgan fingerprint density at radius 3 is 1.81 bits per heavy atom. The number of fused-ring (bicyclic) bond motifs is 7. The molecule has 0 unspecified atom stereocenters. The zero-order valence-corrected chi connectivity index (χ0v) is 19.8. The summed E-state index contributed by atoms with van der Waals surface area (Å²) in [5, 5.41) is 7.02. The van der Waals surface area contributed by atoms with Gasteiger partial charge < -0.3 is 4.42 Å². The van der Waals surface area contributed by atoms with Crippen LogP contribution in [0.5, 0.6) is 0 Å². The Kier molecular flexibility index (Phi) is 3.53. The number of hydrogen-bond acceptors (Lipinski definition) is 1. The smallest absolute Gasteiger partial charge is 0.136 e. The first kappa shape index (κ1) is 16.7. The van der Waals surface area contributed by atoms with E-state index < -0.39 is 0 Å². The van der Waals surface area contributed by atoms with Gasteiger partial charge in [0.1, 0.15) is 11.2 Å². The molecule has 7 aromatic carbocycles. The quantitative estimate of drug-likeness (QED) is 0.227. The maximum atomic E-state index is 8.85. The van der Waals surface area contributed by atoms with Crippen molar-refractivity contribution in [2.24, 2.45) is 0 Å². The van der Waals surface area contributed by atoms with E-state index in [1.807, 2.05) is 24.3 Å². The van der Waals surface area contributed by atoms with Crippen molar-refractivity contribution in [3.8, 4) is 22.3 Å². The molecule has 37 heavy (non-hydrogen) atoms. The molecule has 0 radical (unpaired) electrons. The van der Waals surface area contributed by atoms with E-state index in [-0.39, 0.29) is 24.2 Å². The van der Waals surface area contributed by atoms with Crippen molar-refractivity contribution >= 4 is 54.3 Å². The van der Waals surface area contributed by atoms with Crippen LogP contribution in [0, 0.1) is 0 Å². The van der Waals surface area contributed by atoms with E-state index in [2.05, 4.69) is 78.9 Å². The third-order valence-electron chi connectivity index (χ3n) is 7.37. The summed E-state index contributed by atoms with van der Waals surface area (Å²) in [6, 6.07) is 36.4. The van der Waals surface area contributed by atoms with Crippen LogP contribution in [0.25, 0.3) is 76.5 Å². The van der Waals surface area contributed by atoms with Crippen molar-refractivity contribution in [2.75, 3.05) is 0 Å². The Morgan fingerprint density at radius 2 is 1.08 bits per heavy atom. The second-order valence-electron chi connectivity index (χ2n) is 9.35. The minimum atomic E-state index is -0.245. The van der Waals surface area contributed by atoms with Crippen molar-refractivity contribution in [1.29, 1.82) is 0 Å². The van der Waals surface area contributed by atoms with Crippen molar-refractivity contribution in [3.05, 3.63) is 133 Å². The van der Waals surface area contributed by atoms with Crippen LogP contribution >= 0.6 is 0 Å². The first-order chi connectivity index (χ1) is 20.0. The maximum absolute atomic E-state index is 8.85. The van der Waals surface area contributed by atoms with E-state index in [1.54, 1.807) is 6.07 Å². The molecule has 0 bridgehead atoms. The molecule has 0 aliphatic rings. The van der Waals surface area contributed by atoms with Gasteiger partial charge in [-0.05, 0) is 66.7 Å². The van der Waals surface area contributed by atoms with Crippen molar-refractivity contribution < 1.29 is 9.90 Å². The highest BCUT2D eigenvalue weighted by Gasteiger charge is 2.20. The average Bonchev–Trinajstić information content (AvgIpc) is 3.41. The highest BCUT2D eigenvalue weighted by molar-refractivity contribution is 6.28. The molecule has 0 spiro atoms. The average molecular weight is 475 g/mol. The second-order valence-corrected chi connectivity index (χ2v) is 9.35. The summed E-state index contributed by atoms with van der Waals surface area (Å²) in [5.41, 5.74) is 5.65. The van der Waals surface area contributed by atoms with Crippen LogP contribution in [0.3, 0.4) is 0 Å². The maximum Gasteiger partial charge on any atom is 0.136 e. The molecule has 1 heterocycles. The zero-order chi connectivity index (χ0) is 27.8. The van der Waals surface area contributed by atoms with Gasteiger partial charge in [0.2, 0.25) is 0 Å². The predicted octanol–water partition coefficient (Wildman–Crippen LogP) is 10.4. The van der Waals surface area contributed by atoms with Crippen LogP contribution < -0.4 is 0 Å². The first-order valence-electron chi connectivity index (χ1n) is 14.4. The van der Waals surface area contributed by atoms with Crippen molar-refractivity contribution in [2.45, 2.75) is 0 Å². The molecular formula is C36H22O. The fraction of sp³-hybridized carbons (Fsp3) is 0. The molecule has 8 rings (SSSR count). The number of benzene rings is 7. The summed E-state index contributed by atoms with van der Waals surface area (Å²) in [6.07, 6.45) is 0. The van der Waals surface area contributed by atoms with Gasteiger partial charge in [0.15, 0.2) is 0 Å². The lowest BCUT2D eigenvalue weighted by molar-refractivity contribution is 0.669. The molecular weight excluding hydrogens is 448 g/mol. The van der Waals surface area contributed by atoms with Gasteiger partial charge in [-0.2, -0.15) is 0 Å². The van der Waals surface area contributed by atoms with Gasteiger partial charge >= 0.3 is 0 Å². The number of hydrogen-bond donors (Lipinski definition) is 0. The van der Waals surface area contributed by atoms with E-state index in [4.69, 9.17) is 9.90 Å². The van der Waals surface area contributed by atoms with Crippen LogP contribution in [0.15, 0.2) is 138 Å². The van der Waals surface area contributed by atoms with Crippen LogP contribution in [0.1, 0.15) is 5.48 Å². The third kappa shape index (κ3) is 2.92. The zero-order valence-electron chi connectivity index (χ0n) is 23.8. The molecule has 0 aliphatic carbocycles. The molecule has 172 valence electrons. The highest BCUT2D eigenvalue weighted by Crippen LogP contribution is 2.47. The summed E-state index contributed by atoms with van der Waals surface area (Å²) in [6.45, 7) is 0. The minimum absolute atomic E-state index is 0.0437. The SMILES string of the molecule is [2H]c1c([2H])c([2H])c2c(ccc3oc4cccc(-c5c6ccccc6c(-c6ccccc6)c6ccccc56)c4c32)c1[2H]. The van der Waals surface area contributed by atoms with E-state index in [9.17, 15) is 0 Å². The number of furan rings is 1. The molecule has 8 aromatic rings.